The predicted molar refractivity (Wildman–Crippen MR) is 132 cm³/mol. The Morgan fingerprint density at radius 1 is 0.943 bits per heavy atom. The van der Waals surface area contributed by atoms with Gasteiger partial charge in [0, 0.05) is 63.6 Å². The fraction of sp³-hybridized carbons (Fsp3) is 0.308. The number of carbonyl (C=O) groups is 1. The maximum atomic E-state index is 13.0. The van der Waals surface area contributed by atoms with Crippen molar-refractivity contribution in [2.24, 2.45) is 0 Å². The molecule has 0 bridgehead atoms. The molecule has 1 aliphatic rings. The standard InChI is InChI=1S/C26H28N6O3/c1-35-22-9-7-21(8-10-22)31-17-18-32-23(27-28-25(32)26(31)34)11-12-24(33)30-15-13-29(14-16-30)19-20-5-3-2-4-6-20/h2-10,17-18H,11-16,19H2,1H3. The number of hydrogen-bond donors (Lipinski definition) is 0. The summed E-state index contributed by atoms with van der Waals surface area (Å²) in [6, 6.07) is 17.6. The Hall–Kier alpha value is -3.98. The molecule has 0 unspecified atom stereocenters. The summed E-state index contributed by atoms with van der Waals surface area (Å²) in [5, 5.41) is 8.30. The van der Waals surface area contributed by atoms with Crippen molar-refractivity contribution < 1.29 is 9.53 Å². The number of methoxy groups -OCH3 is 1. The van der Waals surface area contributed by atoms with Gasteiger partial charge in [-0.1, -0.05) is 30.3 Å². The number of aryl methyl sites for hydroxylation is 1. The molecule has 1 saturated heterocycles. The smallest absolute Gasteiger partial charge is 0.300 e. The third-order valence-electron chi connectivity index (χ3n) is 6.43. The van der Waals surface area contributed by atoms with Gasteiger partial charge in [-0.05, 0) is 29.8 Å². The van der Waals surface area contributed by atoms with Gasteiger partial charge in [-0.25, -0.2) is 0 Å². The fourth-order valence-corrected chi connectivity index (χ4v) is 4.43. The van der Waals surface area contributed by atoms with E-state index in [0.29, 0.717) is 24.4 Å². The molecule has 2 aromatic carbocycles. The summed E-state index contributed by atoms with van der Waals surface area (Å²) in [6.45, 7) is 4.07. The van der Waals surface area contributed by atoms with Crippen molar-refractivity contribution in [3.05, 3.63) is 88.7 Å². The number of hydrogen-bond acceptors (Lipinski definition) is 6. The lowest BCUT2D eigenvalue weighted by molar-refractivity contribution is -0.133. The van der Waals surface area contributed by atoms with E-state index in [1.165, 1.54) is 10.1 Å². The Kier molecular flexibility index (Phi) is 6.58. The van der Waals surface area contributed by atoms with Crippen molar-refractivity contribution >= 4 is 11.6 Å². The number of aromatic nitrogens is 4. The van der Waals surface area contributed by atoms with E-state index in [-0.39, 0.29) is 17.1 Å². The van der Waals surface area contributed by atoms with Crippen LogP contribution in [0.5, 0.6) is 5.75 Å². The zero-order valence-electron chi connectivity index (χ0n) is 19.7. The van der Waals surface area contributed by atoms with E-state index in [9.17, 15) is 9.59 Å². The summed E-state index contributed by atoms with van der Waals surface area (Å²) < 4.78 is 8.38. The van der Waals surface area contributed by atoms with Crippen LogP contribution in [0.15, 0.2) is 71.8 Å². The van der Waals surface area contributed by atoms with E-state index in [4.69, 9.17) is 4.74 Å². The largest absolute Gasteiger partial charge is 0.497 e. The van der Waals surface area contributed by atoms with E-state index in [2.05, 4.69) is 39.4 Å². The van der Waals surface area contributed by atoms with Gasteiger partial charge in [0.1, 0.15) is 11.6 Å². The minimum Gasteiger partial charge on any atom is -0.497 e. The number of nitrogens with zero attached hydrogens (tertiary/aromatic N) is 6. The maximum absolute atomic E-state index is 13.0. The molecule has 0 N–H and O–H groups in total. The molecule has 0 aliphatic carbocycles. The van der Waals surface area contributed by atoms with Crippen LogP contribution in [0.25, 0.3) is 11.3 Å². The SMILES string of the molecule is COc1ccc(-n2ccn3c(CCC(=O)N4CCN(Cc5ccccc5)CC4)nnc3c2=O)cc1. The minimum absolute atomic E-state index is 0.104. The van der Waals surface area contributed by atoms with E-state index < -0.39 is 0 Å². The number of fused-ring (bicyclic) bond motifs is 1. The van der Waals surface area contributed by atoms with Crippen LogP contribution in [0.2, 0.25) is 0 Å². The summed E-state index contributed by atoms with van der Waals surface area (Å²) in [5.41, 5.74) is 1.97. The predicted octanol–water partition coefficient (Wildman–Crippen LogP) is 2.17. The molecule has 9 nitrogen and oxygen atoms in total. The zero-order chi connectivity index (χ0) is 24.2. The van der Waals surface area contributed by atoms with Crippen molar-refractivity contribution in [3.63, 3.8) is 0 Å². The summed E-state index contributed by atoms with van der Waals surface area (Å²) >= 11 is 0. The normalized spacial score (nSPS) is 14.4. The number of amides is 1. The van der Waals surface area contributed by atoms with Crippen molar-refractivity contribution in [2.75, 3.05) is 33.3 Å². The third-order valence-corrected chi connectivity index (χ3v) is 6.43. The molecule has 1 aliphatic heterocycles. The molecule has 180 valence electrons. The summed E-state index contributed by atoms with van der Waals surface area (Å²) in [4.78, 5) is 30.1. The van der Waals surface area contributed by atoms with Gasteiger partial charge in [-0.3, -0.25) is 23.5 Å². The van der Waals surface area contributed by atoms with Gasteiger partial charge < -0.3 is 9.64 Å². The zero-order valence-corrected chi connectivity index (χ0v) is 19.7. The molecule has 9 heteroatoms. The second-order valence-electron chi connectivity index (χ2n) is 8.62. The van der Waals surface area contributed by atoms with Gasteiger partial charge in [0.2, 0.25) is 11.6 Å². The van der Waals surface area contributed by atoms with Crippen LogP contribution in [-0.4, -0.2) is 68.2 Å². The Labute approximate surface area is 203 Å². The van der Waals surface area contributed by atoms with E-state index in [1.807, 2.05) is 23.1 Å². The number of rotatable bonds is 7. The minimum atomic E-state index is -0.266. The molecular weight excluding hydrogens is 444 g/mol. The summed E-state index contributed by atoms with van der Waals surface area (Å²) in [6.07, 6.45) is 4.22. The highest BCUT2D eigenvalue weighted by atomic mass is 16.5. The van der Waals surface area contributed by atoms with Crippen molar-refractivity contribution in [1.82, 2.24) is 29.0 Å². The lowest BCUT2D eigenvalue weighted by atomic mass is 10.2. The molecule has 35 heavy (non-hydrogen) atoms. The summed E-state index contributed by atoms with van der Waals surface area (Å²) in [5.74, 6) is 1.43. The van der Waals surface area contributed by atoms with Gasteiger partial charge in [0.15, 0.2) is 0 Å². The van der Waals surface area contributed by atoms with Gasteiger partial charge in [0.25, 0.3) is 0 Å². The van der Waals surface area contributed by atoms with Crippen LogP contribution in [0.4, 0.5) is 0 Å². The Morgan fingerprint density at radius 2 is 1.69 bits per heavy atom. The maximum Gasteiger partial charge on any atom is 0.300 e. The first-order valence-electron chi connectivity index (χ1n) is 11.8. The quantitative estimate of drug-likeness (QED) is 0.410. The van der Waals surface area contributed by atoms with Crippen LogP contribution in [0.1, 0.15) is 17.8 Å². The van der Waals surface area contributed by atoms with Crippen LogP contribution in [0, 0.1) is 0 Å². The molecule has 0 saturated carbocycles. The molecule has 5 rings (SSSR count). The molecule has 1 fully saturated rings. The first kappa shape index (κ1) is 22.8. The second-order valence-corrected chi connectivity index (χ2v) is 8.62. The highest BCUT2D eigenvalue weighted by Crippen LogP contribution is 2.15. The molecule has 1 amide bonds. The highest BCUT2D eigenvalue weighted by Gasteiger charge is 2.22. The monoisotopic (exact) mass is 472 g/mol. The first-order chi connectivity index (χ1) is 17.1. The number of benzene rings is 2. The number of ether oxygens (including phenoxy) is 1. The van der Waals surface area contributed by atoms with Gasteiger partial charge in [0.05, 0.1) is 7.11 Å². The topological polar surface area (TPSA) is 85.0 Å². The van der Waals surface area contributed by atoms with E-state index in [1.54, 1.807) is 36.0 Å². The second kappa shape index (κ2) is 10.1. The van der Waals surface area contributed by atoms with Crippen LogP contribution in [0.3, 0.4) is 0 Å². The summed E-state index contributed by atoms with van der Waals surface area (Å²) in [7, 11) is 1.60. The average molecular weight is 473 g/mol. The lowest BCUT2D eigenvalue weighted by Gasteiger charge is -2.34. The third kappa shape index (κ3) is 4.95. The molecule has 2 aromatic heterocycles. The van der Waals surface area contributed by atoms with Gasteiger partial charge in [-0.15, -0.1) is 10.2 Å². The van der Waals surface area contributed by atoms with Gasteiger partial charge >= 0.3 is 5.56 Å². The van der Waals surface area contributed by atoms with Crippen LogP contribution >= 0.6 is 0 Å². The van der Waals surface area contributed by atoms with E-state index >= 15 is 0 Å². The first-order valence-corrected chi connectivity index (χ1v) is 11.8. The Morgan fingerprint density at radius 3 is 2.40 bits per heavy atom. The number of piperazine rings is 1. The lowest BCUT2D eigenvalue weighted by Crippen LogP contribution is -2.48. The fourth-order valence-electron chi connectivity index (χ4n) is 4.43. The highest BCUT2D eigenvalue weighted by molar-refractivity contribution is 5.76. The molecule has 3 heterocycles. The van der Waals surface area contributed by atoms with Crippen molar-refractivity contribution in [3.8, 4) is 11.4 Å². The van der Waals surface area contributed by atoms with Crippen LogP contribution < -0.4 is 10.3 Å². The Bertz CT molecular complexity index is 1360. The molecule has 0 spiro atoms. The Balaban J connectivity index is 1.20. The molecular formula is C26H28N6O3. The van der Waals surface area contributed by atoms with Crippen LogP contribution in [-0.2, 0) is 17.8 Å². The van der Waals surface area contributed by atoms with Gasteiger partial charge in [-0.2, -0.15) is 0 Å². The molecule has 0 atom stereocenters. The average Bonchev–Trinajstić information content (AvgIpc) is 3.32. The molecule has 0 radical (unpaired) electrons. The van der Waals surface area contributed by atoms with E-state index in [0.717, 1.165) is 38.5 Å². The van der Waals surface area contributed by atoms with Crippen molar-refractivity contribution in [1.29, 1.82) is 0 Å². The van der Waals surface area contributed by atoms with Crippen molar-refractivity contribution in [2.45, 2.75) is 19.4 Å². The molecule has 4 aromatic rings. The number of carbonyl (C=O) groups excluding carboxylic acids is 1.